The van der Waals surface area contributed by atoms with Gasteiger partial charge in [-0.05, 0) is 30.3 Å². The van der Waals surface area contributed by atoms with Crippen LogP contribution in [0.2, 0.25) is 5.02 Å². The molecule has 0 aliphatic rings. The van der Waals surface area contributed by atoms with Gasteiger partial charge in [-0.3, -0.25) is 4.79 Å². The van der Waals surface area contributed by atoms with Crippen LogP contribution in [0.3, 0.4) is 0 Å². The second-order valence-corrected chi connectivity index (χ2v) is 5.94. The lowest BCUT2D eigenvalue weighted by atomic mass is 10.2. The normalized spacial score (nSPS) is 10.6. The third-order valence-electron chi connectivity index (χ3n) is 2.85. The van der Waals surface area contributed by atoms with Crippen molar-refractivity contribution in [3.05, 3.63) is 51.5 Å². The van der Waals surface area contributed by atoms with Crippen molar-refractivity contribution in [2.45, 2.75) is 0 Å². The van der Waals surface area contributed by atoms with E-state index in [0.717, 1.165) is 0 Å². The molecule has 0 spiro atoms. The molecule has 0 aromatic heterocycles. The fourth-order valence-electron chi connectivity index (χ4n) is 1.76. The molecule has 0 aliphatic carbocycles. The molecule has 2 aromatic rings. The van der Waals surface area contributed by atoms with Crippen LogP contribution in [0.5, 0.6) is 17.2 Å². The van der Waals surface area contributed by atoms with Gasteiger partial charge in [0.15, 0.2) is 18.1 Å². The monoisotopic (exact) mass is 412 g/mol. The minimum absolute atomic E-state index is 0.0751. The maximum atomic E-state index is 11.7. The molecule has 0 aliphatic heterocycles. The van der Waals surface area contributed by atoms with Crippen LogP contribution in [-0.4, -0.2) is 30.9 Å². The predicted molar refractivity (Wildman–Crippen MR) is 95.0 cm³/mol. The zero-order valence-corrected chi connectivity index (χ0v) is 15.0. The first-order chi connectivity index (χ1) is 11.5. The van der Waals surface area contributed by atoms with E-state index in [1.165, 1.54) is 13.3 Å². The predicted octanol–water partition coefficient (Wildman–Crippen LogP) is 3.35. The van der Waals surface area contributed by atoms with Crippen LogP contribution in [0.25, 0.3) is 0 Å². The molecule has 2 rings (SSSR count). The highest BCUT2D eigenvalue weighted by molar-refractivity contribution is 9.10. The van der Waals surface area contributed by atoms with Crippen LogP contribution < -0.4 is 14.9 Å². The molecule has 2 aromatic carbocycles. The number of hydrazone groups is 1. The van der Waals surface area contributed by atoms with Crippen molar-refractivity contribution >= 4 is 39.7 Å². The molecule has 0 radical (unpaired) electrons. The van der Waals surface area contributed by atoms with E-state index in [1.54, 1.807) is 36.4 Å². The lowest BCUT2D eigenvalue weighted by Gasteiger charge is -2.07. The van der Waals surface area contributed by atoms with E-state index in [2.05, 4.69) is 26.5 Å². The van der Waals surface area contributed by atoms with Gasteiger partial charge in [0.25, 0.3) is 5.91 Å². The Kier molecular flexibility index (Phi) is 6.45. The summed E-state index contributed by atoms with van der Waals surface area (Å²) in [5.74, 6) is 0.249. The lowest BCUT2D eigenvalue weighted by molar-refractivity contribution is -0.123. The first-order valence-electron chi connectivity index (χ1n) is 6.76. The Morgan fingerprint density at radius 3 is 2.92 bits per heavy atom. The summed E-state index contributed by atoms with van der Waals surface area (Å²) in [6, 6.07) is 9.97. The fraction of sp³-hybridized carbons (Fsp3) is 0.125. The minimum Gasteiger partial charge on any atom is -0.504 e. The molecule has 6 nitrogen and oxygen atoms in total. The average Bonchev–Trinajstić information content (AvgIpc) is 2.55. The fourth-order valence-corrected chi connectivity index (χ4v) is 2.40. The molecule has 0 saturated carbocycles. The molecular formula is C16H14BrClN2O4. The first-order valence-corrected chi connectivity index (χ1v) is 7.93. The quantitative estimate of drug-likeness (QED) is 0.562. The van der Waals surface area contributed by atoms with Gasteiger partial charge in [0.05, 0.1) is 13.3 Å². The van der Waals surface area contributed by atoms with Gasteiger partial charge in [-0.2, -0.15) is 5.10 Å². The molecule has 1 amide bonds. The highest BCUT2D eigenvalue weighted by atomic mass is 79.9. The number of nitrogens with one attached hydrogen (secondary N) is 1. The minimum atomic E-state index is -0.451. The van der Waals surface area contributed by atoms with E-state index >= 15 is 0 Å². The number of ether oxygens (including phenoxy) is 2. The Labute approximate surface area is 152 Å². The number of rotatable bonds is 6. The Hall–Kier alpha value is -2.25. The Bertz CT molecular complexity index is 768. The van der Waals surface area contributed by atoms with E-state index in [0.29, 0.717) is 26.6 Å². The van der Waals surface area contributed by atoms with Crippen LogP contribution >= 0.6 is 27.5 Å². The van der Waals surface area contributed by atoms with E-state index in [4.69, 9.17) is 21.1 Å². The summed E-state index contributed by atoms with van der Waals surface area (Å²) >= 11 is 9.12. The van der Waals surface area contributed by atoms with Gasteiger partial charge < -0.3 is 14.6 Å². The Morgan fingerprint density at radius 2 is 2.21 bits per heavy atom. The van der Waals surface area contributed by atoms with Crippen molar-refractivity contribution in [3.63, 3.8) is 0 Å². The number of carbonyl (C=O) groups is 1. The molecule has 0 heterocycles. The third kappa shape index (κ3) is 5.14. The molecule has 0 atom stereocenters. The molecule has 0 saturated heterocycles. The summed E-state index contributed by atoms with van der Waals surface area (Å²) in [4.78, 5) is 11.7. The van der Waals surface area contributed by atoms with Gasteiger partial charge >= 0.3 is 0 Å². The van der Waals surface area contributed by atoms with Crippen molar-refractivity contribution in [1.29, 1.82) is 0 Å². The summed E-state index contributed by atoms with van der Waals surface area (Å²) in [5.41, 5.74) is 2.69. The van der Waals surface area contributed by atoms with Gasteiger partial charge in [-0.1, -0.05) is 33.6 Å². The van der Waals surface area contributed by atoms with Gasteiger partial charge in [0, 0.05) is 15.1 Å². The molecule has 0 bridgehead atoms. The maximum Gasteiger partial charge on any atom is 0.277 e. The largest absolute Gasteiger partial charge is 0.504 e. The number of phenolic OH excluding ortho intramolecular Hbond substituents is 1. The molecule has 8 heteroatoms. The molecular weight excluding hydrogens is 400 g/mol. The van der Waals surface area contributed by atoms with Gasteiger partial charge in [0.1, 0.15) is 5.75 Å². The number of hydrogen-bond acceptors (Lipinski definition) is 5. The number of benzene rings is 2. The zero-order valence-electron chi connectivity index (χ0n) is 12.6. The maximum absolute atomic E-state index is 11.7. The van der Waals surface area contributed by atoms with Gasteiger partial charge in [0.2, 0.25) is 0 Å². The van der Waals surface area contributed by atoms with Crippen molar-refractivity contribution in [2.24, 2.45) is 5.10 Å². The second-order valence-electron chi connectivity index (χ2n) is 4.59. The number of carbonyl (C=O) groups excluding carboxylic acids is 1. The van der Waals surface area contributed by atoms with Crippen LogP contribution in [0.4, 0.5) is 0 Å². The Morgan fingerprint density at radius 1 is 1.42 bits per heavy atom. The molecule has 126 valence electrons. The van der Waals surface area contributed by atoms with Crippen LogP contribution in [0, 0.1) is 0 Å². The van der Waals surface area contributed by atoms with E-state index < -0.39 is 5.91 Å². The molecule has 2 N–H and O–H groups in total. The topological polar surface area (TPSA) is 80.2 Å². The van der Waals surface area contributed by atoms with E-state index in [1.807, 2.05) is 0 Å². The van der Waals surface area contributed by atoms with Crippen LogP contribution in [-0.2, 0) is 4.79 Å². The molecule has 0 fully saturated rings. The van der Waals surface area contributed by atoms with Gasteiger partial charge in [-0.25, -0.2) is 5.43 Å². The van der Waals surface area contributed by atoms with Crippen molar-refractivity contribution < 1.29 is 19.4 Å². The highest BCUT2D eigenvalue weighted by Crippen LogP contribution is 2.32. The third-order valence-corrected chi connectivity index (χ3v) is 3.54. The lowest BCUT2D eigenvalue weighted by Crippen LogP contribution is -2.24. The highest BCUT2D eigenvalue weighted by Gasteiger charge is 2.08. The molecule has 24 heavy (non-hydrogen) atoms. The summed E-state index contributed by atoms with van der Waals surface area (Å²) in [7, 11) is 1.44. The van der Waals surface area contributed by atoms with E-state index in [-0.39, 0.29) is 12.4 Å². The second kappa shape index (κ2) is 8.56. The SMILES string of the molecule is COc1cc(Br)cc(C=NNC(=O)COc2cccc(Cl)c2)c1O. The van der Waals surface area contributed by atoms with Crippen molar-refractivity contribution in [3.8, 4) is 17.2 Å². The number of methoxy groups -OCH3 is 1. The van der Waals surface area contributed by atoms with Gasteiger partial charge in [-0.15, -0.1) is 0 Å². The number of hydrogen-bond donors (Lipinski definition) is 2. The smallest absolute Gasteiger partial charge is 0.277 e. The van der Waals surface area contributed by atoms with E-state index in [9.17, 15) is 9.90 Å². The van der Waals surface area contributed by atoms with Crippen LogP contribution in [0.1, 0.15) is 5.56 Å². The van der Waals surface area contributed by atoms with Crippen molar-refractivity contribution in [2.75, 3.05) is 13.7 Å². The number of halogens is 2. The van der Waals surface area contributed by atoms with Crippen LogP contribution in [0.15, 0.2) is 46.0 Å². The average molecular weight is 414 g/mol. The number of aromatic hydroxyl groups is 1. The number of nitrogens with zero attached hydrogens (tertiary/aromatic N) is 1. The zero-order chi connectivity index (χ0) is 17.5. The summed E-state index contributed by atoms with van der Waals surface area (Å²) in [6.45, 7) is -0.217. The number of phenols is 1. The Balaban J connectivity index is 1.92. The summed E-state index contributed by atoms with van der Waals surface area (Å²) in [6.07, 6.45) is 1.31. The number of amides is 1. The summed E-state index contributed by atoms with van der Waals surface area (Å²) < 4.78 is 11.0. The standard InChI is InChI=1S/C16H14BrClN2O4/c1-23-14-6-11(17)5-10(16(14)22)8-19-20-15(21)9-24-13-4-2-3-12(18)7-13/h2-8,22H,9H2,1H3,(H,20,21). The van der Waals surface area contributed by atoms with Crippen molar-refractivity contribution in [1.82, 2.24) is 5.43 Å². The summed E-state index contributed by atoms with van der Waals surface area (Å²) in [5, 5.41) is 14.3. The first kappa shape index (κ1) is 18.1. The molecule has 0 unspecified atom stereocenters.